The van der Waals surface area contributed by atoms with Crippen molar-refractivity contribution in [3.8, 4) is 0 Å². The number of hydrogen-bond acceptors (Lipinski definition) is 3. The van der Waals surface area contributed by atoms with Crippen LogP contribution in [0.3, 0.4) is 0 Å². The minimum Gasteiger partial charge on any atom is -0.356 e. The van der Waals surface area contributed by atoms with Gasteiger partial charge in [0.2, 0.25) is 0 Å². The normalized spacial score (nSPS) is 25.9. The highest BCUT2D eigenvalue weighted by molar-refractivity contribution is 4.98. The zero-order chi connectivity index (χ0) is 12.4. The summed E-state index contributed by atoms with van der Waals surface area (Å²) in [6.07, 6.45) is 2.45. The maximum absolute atomic E-state index is 5.79. The molecule has 96 valence electrons. The van der Waals surface area contributed by atoms with Crippen LogP contribution in [0.15, 0.2) is 0 Å². The SMILES string of the molecule is CCOCOC1CC(C)(C)N(C)C(C)(C)C1. The molecule has 0 aliphatic carbocycles. The molecule has 0 bridgehead atoms. The largest absolute Gasteiger partial charge is 0.356 e. The van der Waals surface area contributed by atoms with Gasteiger partial charge in [0.25, 0.3) is 0 Å². The molecule has 0 spiro atoms. The molecule has 0 aromatic heterocycles. The standard InChI is InChI=1S/C13H27NO2/c1-7-15-10-16-11-8-12(2,3)14(6)13(4,5)9-11/h11H,7-10H2,1-6H3. The van der Waals surface area contributed by atoms with E-state index in [1.807, 2.05) is 6.92 Å². The van der Waals surface area contributed by atoms with Gasteiger partial charge in [0.1, 0.15) is 6.79 Å². The second-order valence-electron chi connectivity index (χ2n) is 5.99. The van der Waals surface area contributed by atoms with Gasteiger partial charge in [-0.2, -0.15) is 0 Å². The first-order chi connectivity index (χ1) is 7.29. The van der Waals surface area contributed by atoms with E-state index in [-0.39, 0.29) is 11.1 Å². The van der Waals surface area contributed by atoms with Crippen LogP contribution in [0.5, 0.6) is 0 Å². The van der Waals surface area contributed by atoms with Crippen molar-refractivity contribution < 1.29 is 9.47 Å². The molecular formula is C13H27NO2. The Labute approximate surface area is 100 Å². The first kappa shape index (κ1) is 13.9. The second kappa shape index (κ2) is 5.03. The molecule has 1 saturated heterocycles. The lowest BCUT2D eigenvalue weighted by Crippen LogP contribution is -2.60. The van der Waals surface area contributed by atoms with E-state index in [0.29, 0.717) is 12.9 Å². The van der Waals surface area contributed by atoms with Crippen molar-refractivity contribution in [2.75, 3.05) is 20.4 Å². The molecule has 3 nitrogen and oxygen atoms in total. The Kier molecular flexibility index (Phi) is 4.38. The molecule has 0 unspecified atom stereocenters. The summed E-state index contributed by atoms with van der Waals surface area (Å²) in [5.41, 5.74) is 0.386. The number of nitrogens with zero attached hydrogens (tertiary/aromatic N) is 1. The number of ether oxygens (including phenoxy) is 2. The van der Waals surface area contributed by atoms with Crippen LogP contribution in [0.25, 0.3) is 0 Å². The van der Waals surface area contributed by atoms with Crippen LogP contribution in [0.1, 0.15) is 47.5 Å². The monoisotopic (exact) mass is 229 g/mol. The summed E-state index contributed by atoms with van der Waals surface area (Å²) >= 11 is 0. The predicted octanol–water partition coefficient (Wildman–Crippen LogP) is 2.65. The van der Waals surface area contributed by atoms with E-state index >= 15 is 0 Å². The number of rotatable bonds is 4. The maximum atomic E-state index is 5.79. The van der Waals surface area contributed by atoms with Gasteiger partial charge in [0.15, 0.2) is 0 Å². The van der Waals surface area contributed by atoms with E-state index in [2.05, 4.69) is 39.6 Å². The molecule has 0 aromatic carbocycles. The summed E-state index contributed by atoms with van der Waals surface area (Å²) in [5, 5.41) is 0. The fourth-order valence-electron chi connectivity index (χ4n) is 2.63. The Morgan fingerprint density at radius 1 is 1.12 bits per heavy atom. The molecule has 1 aliphatic heterocycles. The fourth-order valence-corrected chi connectivity index (χ4v) is 2.63. The molecule has 0 saturated carbocycles. The molecule has 16 heavy (non-hydrogen) atoms. The summed E-state index contributed by atoms with van der Waals surface area (Å²) in [4.78, 5) is 2.46. The van der Waals surface area contributed by atoms with E-state index in [4.69, 9.17) is 9.47 Å². The first-order valence-electron chi connectivity index (χ1n) is 6.23. The molecule has 0 atom stereocenters. The highest BCUT2D eigenvalue weighted by atomic mass is 16.7. The van der Waals surface area contributed by atoms with Gasteiger partial charge < -0.3 is 9.47 Å². The lowest BCUT2D eigenvalue weighted by Gasteiger charge is -2.53. The van der Waals surface area contributed by atoms with E-state index in [9.17, 15) is 0 Å². The van der Waals surface area contributed by atoms with Gasteiger partial charge in [-0.05, 0) is 54.5 Å². The highest BCUT2D eigenvalue weighted by Crippen LogP contribution is 2.37. The third-order valence-electron chi connectivity index (χ3n) is 3.86. The van der Waals surface area contributed by atoms with Gasteiger partial charge in [-0.15, -0.1) is 0 Å². The molecule has 1 heterocycles. The molecule has 0 N–H and O–H groups in total. The third kappa shape index (κ3) is 3.19. The Morgan fingerprint density at radius 3 is 2.06 bits per heavy atom. The Morgan fingerprint density at radius 2 is 1.62 bits per heavy atom. The number of hydrogen-bond donors (Lipinski definition) is 0. The molecule has 1 aliphatic rings. The van der Waals surface area contributed by atoms with E-state index < -0.39 is 0 Å². The number of piperidine rings is 1. The molecule has 0 aromatic rings. The zero-order valence-electron chi connectivity index (χ0n) is 11.7. The van der Waals surface area contributed by atoms with Crippen molar-refractivity contribution in [3.05, 3.63) is 0 Å². The Balaban J connectivity index is 2.57. The van der Waals surface area contributed by atoms with Crippen LogP contribution in [0, 0.1) is 0 Å². The molecule has 0 radical (unpaired) electrons. The van der Waals surface area contributed by atoms with Gasteiger partial charge in [-0.25, -0.2) is 0 Å². The zero-order valence-corrected chi connectivity index (χ0v) is 11.7. The van der Waals surface area contributed by atoms with E-state index in [1.54, 1.807) is 0 Å². The van der Waals surface area contributed by atoms with Crippen molar-refractivity contribution in [2.24, 2.45) is 0 Å². The van der Waals surface area contributed by atoms with Crippen molar-refractivity contribution >= 4 is 0 Å². The van der Waals surface area contributed by atoms with Gasteiger partial charge in [0.05, 0.1) is 6.10 Å². The quantitative estimate of drug-likeness (QED) is 0.546. The molecule has 1 fully saturated rings. The molecule has 0 amide bonds. The lowest BCUT2D eigenvalue weighted by molar-refractivity contribution is -0.142. The van der Waals surface area contributed by atoms with Gasteiger partial charge in [-0.1, -0.05) is 0 Å². The summed E-state index contributed by atoms with van der Waals surface area (Å²) in [6, 6.07) is 0. The lowest BCUT2D eigenvalue weighted by atomic mass is 9.79. The van der Waals surface area contributed by atoms with Crippen molar-refractivity contribution in [1.82, 2.24) is 4.90 Å². The number of likely N-dealkylation sites (tertiary alicyclic amines) is 1. The van der Waals surface area contributed by atoms with Crippen molar-refractivity contribution in [2.45, 2.75) is 64.6 Å². The van der Waals surface area contributed by atoms with Crippen molar-refractivity contribution in [3.63, 3.8) is 0 Å². The van der Waals surface area contributed by atoms with Crippen LogP contribution in [-0.4, -0.2) is 42.5 Å². The smallest absolute Gasteiger partial charge is 0.147 e. The molecule has 3 heteroatoms. The Bertz CT molecular complexity index is 208. The molecule has 1 rings (SSSR count). The third-order valence-corrected chi connectivity index (χ3v) is 3.86. The summed E-state index contributed by atoms with van der Waals surface area (Å²) < 4.78 is 11.1. The summed E-state index contributed by atoms with van der Waals surface area (Å²) in [6.45, 7) is 12.3. The highest BCUT2D eigenvalue weighted by Gasteiger charge is 2.43. The van der Waals surface area contributed by atoms with Crippen LogP contribution in [0.4, 0.5) is 0 Å². The maximum Gasteiger partial charge on any atom is 0.147 e. The fraction of sp³-hybridized carbons (Fsp3) is 1.00. The Hall–Kier alpha value is -0.120. The summed E-state index contributed by atoms with van der Waals surface area (Å²) in [7, 11) is 2.21. The predicted molar refractivity (Wildman–Crippen MR) is 66.5 cm³/mol. The molecular weight excluding hydrogens is 202 g/mol. The van der Waals surface area contributed by atoms with E-state index in [0.717, 1.165) is 19.4 Å². The van der Waals surface area contributed by atoms with Gasteiger partial charge in [-0.3, -0.25) is 4.90 Å². The average molecular weight is 229 g/mol. The topological polar surface area (TPSA) is 21.7 Å². The minimum atomic E-state index is 0.193. The minimum absolute atomic E-state index is 0.193. The summed E-state index contributed by atoms with van der Waals surface area (Å²) in [5.74, 6) is 0. The first-order valence-corrected chi connectivity index (χ1v) is 6.23. The van der Waals surface area contributed by atoms with Crippen LogP contribution in [0.2, 0.25) is 0 Å². The van der Waals surface area contributed by atoms with Crippen LogP contribution < -0.4 is 0 Å². The van der Waals surface area contributed by atoms with Crippen molar-refractivity contribution in [1.29, 1.82) is 0 Å². The van der Waals surface area contributed by atoms with Crippen LogP contribution in [-0.2, 0) is 9.47 Å². The second-order valence-corrected chi connectivity index (χ2v) is 5.99. The average Bonchev–Trinajstić information content (AvgIpc) is 2.14. The van der Waals surface area contributed by atoms with Crippen LogP contribution >= 0.6 is 0 Å². The van der Waals surface area contributed by atoms with Gasteiger partial charge in [0, 0.05) is 17.7 Å². The van der Waals surface area contributed by atoms with E-state index in [1.165, 1.54) is 0 Å². The van der Waals surface area contributed by atoms with Gasteiger partial charge >= 0.3 is 0 Å².